The number of hydrogen-bond acceptors (Lipinski definition) is 3. The molecule has 0 bridgehead atoms. The van der Waals surface area contributed by atoms with Crippen LogP contribution in [0.2, 0.25) is 0 Å². The van der Waals surface area contributed by atoms with Crippen molar-refractivity contribution >= 4 is 5.91 Å². The predicted octanol–water partition coefficient (Wildman–Crippen LogP) is 4.79. The lowest BCUT2D eigenvalue weighted by molar-refractivity contribution is -0.126. The van der Waals surface area contributed by atoms with E-state index in [1.54, 1.807) is 7.11 Å². The van der Waals surface area contributed by atoms with Crippen LogP contribution in [0.15, 0.2) is 42.5 Å². The van der Waals surface area contributed by atoms with Gasteiger partial charge in [0.2, 0.25) is 5.91 Å². The van der Waals surface area contributed by atoms with Gasteiger partial charge in [-0.2, -0.15) is 0 Å². The van der Waals surface area contributed by atoms with Gasteiger partial charge in [-0.15, -0.1) is 0 Å². The van der Waals surface area contributed by atoms with Crippen LogP contribution in [0.3, 0.4) is 0 Å². The molecule has 4 nitrogen and oxygen atoms in total. The summed E-state index contributed by atoms with van der Waals surface area (Å²) in [7, 11) is 1.69. The van der Waals surface area contributed by atoms with Gasteiger partial charge < -0.3 is 14.8 Å². The fourth-order valence-electron chi connectivity index (χ4n) is 4.68. The van der Waals surface area contributed by atoms with Crippen molar-refractivity contribution in [3.8, 4) is 11.5 Å². The Hall–Kier alpha value is -2.49. The van der Waals surface area contributed by atoms with E-state index >= 15 is 0 Å². The van der Waals surface area contributed by atoms with E-state index in [0.717, 1.165) is 37.2 Å². The summed E-state index contributed by atoms with van der Waals surface area (Å²) in [6, 6.07) is 14.7. The van der Waals surface area contributed by atoms with Crippen LogP contribution in [0.1, 0.15) is 54.7 Å². The number of benzene rings is 2. The molecule has 4 rings (SSSR count). The van der Waals surface area contributed by atoms with Crippen molar-refractivity contribution in [1.82, 2.24) is 5.32 Å². The summed E-state index contributed by atoms with van der Waals surface area (Å²) in [5, 5.41) is 3.13. The number of hydrogen-bond donors (Lipinski definition) is 1. The normalized spacial score (nSPS) is 22.3. The Morgan fingerprint density at radius 1 is 1.07 bits per heavy atom. The van der Waals surface area contributed by atoms with E-state index in [1.807, 2.05) is 6.07 Å². The molecule has 1 saturated heterocycles. The molecule has 1 heterocycles. The molecule has 2 aromatic carbocycles. The van der Waals surface area contributed by atoms with Crippen molar-refractivity contribution < 1.29 is 14.3 Å². The smallest absolute Gasteiger partial charge is 0.223 e. The van der Waals surface area contributed by atoms with Gasteiger partial charge in [0, 0.05) is 18.4 Å². The Morgan fingerprint density at radius 2 is 1.90 bits per heavy atom. The molecule has 1 saturated carbocycles. The lowest BCUT2D eigenvalue weighted by atomic mass is 9.82. The largest absolute Gasteiger partial charge is 0.493 e. The molecule has 1 unspecified atom stereocenters. The van der Waals surface area contributed by atoms with E-state index in [1.165, 1.54) is 29.5 Å². The van der Waals surface area contributed by atoms with E-state index in [2.05, 4.69) is 48.6 Å². The molecule has 1 amide bonds. The first-order chi connectivity index (χ1) is 14.1. The number of amides is 1. The Balaban J connectivity index is 1.50. The molecule has 2 atom stereocenters. The predicted molar refractivity (Wildman–Crippen MR) is 115 cm³/mol. The monoisotopic (exact) mass is 393 g/mol. The molecule has 1 aliphatic heterocycles. The Labute approximate surface area is 173 Å². The first-order valence-corrected chi connectivity index (χ1v) is 10.8. The second kappa shape index (κ2) is 8.89. The molecule has 4 heteroatoms. The van der Waals surface area contributed by atoms with Crippen molar-refractivity contribution in [2.24, 2.45) is 5.92 Å². The minimum atomic E-state index is -0.00291. The summed E-state index contributed by atoms with van der Waals surface area (Å²) >= 11 is 0. The third-order valence-corrected chi connectivity index (χ3v) is 6.28. The summed E-state index contributed by atoms with van der Waals surface area (Å²) in [5.41, 5.74) is 3.68. The van der Waals surface area contributed by atoms with Gasteiger partial charge in [0.05, 0.1) is 13.2 Å². The van der Waals surface area contributed by atoms with Crippen LogP contribution in [0.25, 0.3) is 0 Å². The number of nitrogens with one attached hydrogen (secondary N) is 1. The van der Waals surface area contributed by atoms with Crippen LogP contribution in [0.5, 0.6) is 11.5 Å². The van der Waals surface area contributed by atoms with Crippen LogP contribution in [-0.2, 0) is 11.2 Å². The minimum Gasteiger partial charge on any atom is -0.493 e. The highest BCUT2D eigenvalue weighted by molar-refractivity contribution is 5.80. The third kappa shape index (κ3) is 4.75. The number of ether oxygens (including phenoxy) is 2. The van der Waals surface area contributed by atoms with Crippen molar-refractivity contribution in [3.05, 3.63) is 59.2 Å². The molecule has 1 N–H and O–H groups in total. The average Bonchev–Trinajstić information content (AvgIpc) is 3.23. The summed E-state index contributed by atoms with van der Waals surface area (Å²) < 4.78 is 11.8. The fraction of sp³-hybridized carbons (Fsp3) is 0.480. The van der Waals surface area contributed by atoms with Crippen LogP contribution in [0.4, 0.5) is 0 Å². The second-order valence-electron chi connectivity index (χ2n) is 8.50. The van der Waals surface area contributed by atoms with E-state index in [0.29, 0.717) is 18.6 Å². The van der Waals surface area contributed by atoms with E-state index in [4.69, 9.17) is 9.47 Å². The van der Waals surface area contributed by atoms with Gasteiger partial charge in [-0.3, -0.25) is 4.79 Å². The standard InChI is InChI=1S/C25H31NO3/c1-17-6-5-7-18(12-17)13-20-14-21(16-26-25(20)27)19-10-11-23(28-2)24(15-19)29-22-8-3-4-9-22/h5-7,10-12,15,20-22H,3-4,8-9,13-14,16H2,1-2H3,(H,26,27)/t20-,21?/m1/s1. The molecular formula is C25H31NO3. The highest BCUT2D eigenvalue weighted by atomic mass is 16.5. The SMILES string of the molecule is COc1ccc(C2CNC(=O)[C@H](Cc3cccc(C)c3)C2)cc1OC1CCCC1. The number of rotatable bonds is 6. The number of aryl methyl sites for hydroxylation is 1. The van der Waals surface area contributed by atoms with Crippen molar-refractivity contribution in [2.75, 3.05) is 13.7 Å². The van der Waals surface area contributed by atoms with Gasteiger partial charge in [-0.25, -0.2) is 0 Å². The minimum absolute atomic E-state index is 0.00291. The Kier molecular flexibility index (Phi) is 6.08. The number of carbonyl (C=O) groups is 1. The Bertz CT molecular complexity index is 857. The van der Waals surface area contributed by atoms with Crippen molar-refractivity contribution in [3.63, 3.8) is 0 Å². The Morgan fingerprint density at radius 3 is 2.66 bits per heavy atom. The van der Waals surface area contributed by atoms with Gasteiger partial charge in [0.25, 0.3) is 0 Å². The number of piperidine rings is 1. The average molecular weight is 394 g/mol. The zero-order valence-electron chi connectivity index (χ0n) is 17.4. The molecule has 0 spiro atoms. The van der Waals surface area contributed by atoms with Crippen LogP contribution < -0.4 is 14.8 Å². The first-order valence-electron chi connectivity index (χ1n) is 10.8. The summed E-state index contributed by atoms with van der Waals surface area (Å²) in [4.78, 5) is 12.5. The lowest BCUT2D eigenvalue weighted by Gasteiger charge is -2.30. The first kappa shape index (κ1) is 19.8. The van der Waals surface area contributed by atoms with Gasteiger partial charge in [0.15, 0.2) is 11.5 Å². The van der Waals surface area contributed by atoms with E-state index < -0.39 is 0 Å². The lowest BCUT2D eigenvalue weighted by Crippen LogP contribution is -2.41. The summed E-state index contributed by atoms with van der Waals surface area (Å²) in [5.74, 6) is 2.08. The highest BCUT2D eigenvalue weighted by Gasteiger charge is 2.30. The molecule has 29 heavy (non-hydrogen) atoms. The number of methoxy groups -OCH3 is 1. The molecule has 2 fully saturated rings. The molecular weight excluding hydrogens is 362 g/mol. The molecule has 0 aromatic heterocycles. The van der Waals surface area contributed by atoms with E-state index in [9.17, 15) is 4.79 Å². The summed E-state index contributed by atoms with van der Waals surface area (Å²) in [6.45, 7) is 2.77. The third-order valence-electron chi connectivity index (χ3n) is 6.28. The van der Waals surface area contributed by atoms with Crippen LogP contribution in [0, 0.1) is 12.8 Å². The molecule has 154 valence electrons. The van der Waals surface area contributed by atoms with Gasteiger partial charge in [-0.1, -0.05) is 35.9 Å². The topological polar surface area (TPSA) is 47.6 Å². The highest BCUT2D eigenvalue weighted by Crippen LogP contribution is 2.37. The number of carbonyl (C=O) groups excluding carboxylic acids is 1. The van der Waals surface area contributed by atoms with Gasteiger partial charge in [-0.05, 0) is 68.7 Å². The zero-order valence-corrected chi connectivity index (χ0v) is 17.4. The van der Waals surface area contributed by atoms with Crippen LogP contribution in [-0.4, -0.2) is 25.7 Å². The van der Waals surface area contributed by atoms with Gasteiger partial charge >= 0.3 is 0 Å². The maximum absolute atomic E-state index is 12.5. The van der Waals surface area contributed by atoms with Crippen LogP contribution >= 0.6 is 0 Å². The summed E-state index contributed by atoms with van der Waals surface area (Å²) in [6.07, 6.45) is 6.64. The zero-order chi connectivity index (χ0) is 20.2. The molecule has 2 aromatic rings. The molecule has 1 aliphatic carbocycles. The van der Waals surface area contributed by atoms with E-state index in [-0.39, 0.29) is 11.8 Å². The quantitative estimate of drug-likeness (QED) is 0.768. The maximum atomic E-state index is 12.5. The molecule has 2 aliphatic rings. The van der Waals surface area contributed by atoms with Gasteiger partial charge in [0.1, 0.15) is 0 Å². The fourth-order valence-corrected chi connectivity index (χ4v) is 4.68. The molecule has 0 radical (unpaired) electrons. The maximum Gasteiger partial charge on any atom is 0.223 e. The van der Waals surface area contributed by atoms with Crippen molar-refractivity contribution in [2.45, 2.75) is 57.5 Å². The second-order valence-corrected chi connectivity index (χ2v) is 8.50. The van der Waals surface area contributed by atoms with Crippen molar-refractivity contribution in [1.29, 1.82) is 0 Å².